The zero-order valence-corrected chi connectivity index (χ0v) is 9.59. The molecule has 0 aromatic carbocycles. The van der Waals surface area contributed by atoms with Crippen LogP contribution in [0.4, 0.5) is 5.95 Å². The Morgan fingerprint density at radius 1 is 1.29 bits per heavy atom. The minimum Gasteiger partial charge on any atom is -0.481 e. The van der Waals surface area contributed by atoms with Crippen LogP contribution in [0.3, 0.4) is 0 Å². The van der Waals surface area contributed by atoms with Gasteiger partial charge < -0.3 is 10.0 Å². The Kier molecular flexibility index (Phi) is 2.49. The number of carboxylic acid groups (broad SMARTS) is 1. The second-order valence-electron chi connectivity index (χ2n) is 4.89. The fourth-order valence-corrected chi connectivity index (χ4v) is 2.27. The monoisotopic (exact) mass is 236 g/mol. The van der Waals surface area contributed by atoms with Crippen LogP contribution in [0.5, 0.6) is 0 Å². The summed E-state index contributed by atoms with van der Waals surface area (Å²) in [6.07, 6.45) is 3.77. The second kappa shape index (κ2) is 4.01. The highest BCUT2D eigenvalue weighted by atomic mass is 16.4. The Bertz CT molecular complexity index is 419. The molecule has 2 heterocycles. The normalized spacial score (nSPS) is 21.8. The number of nitrogens with one attached hydrogen (secondary N) is 1. The average Bonchev–Trinajstić information content (AvgIpc) is 3.07. The largest absolute Gasteiger partial charge is 0.481 e. The Hall–Kier alpha value is -1.59. The molecule has 2 N–H and O–H groups in total. The molecule has 1 aliphatic carbocycles. The van der Waals surface area contributed by atoms with Crippen molar-refractivity contribution in [2.24, 2.45) is 5.92 Å². The number of rotatable bonds is 3. The fourth-order valence-electron chi connectivity index (χ4n) is 2.27. The summed E-state index contributed by atoms with van der Waals surface area (Å²) in [5.74, 6) is 1.41. The van der Waals surface area contributed by atoms with Crippen molar-refractivity contribution in [3.63, 3.8) is 0 Å². The third-order valence-electron chi connectivity index (χ3n) is 3.58. The van der Waals surface area contributed by atoms with Crippen LogP contribution in [0, 0.1) is 5.92 Å². The molecule has 0 spiro atoms. The van der Waals surface area contributed by atoms with E-state index in [0.29, 0.717) is 18.8 Å². The zero-order valence-electron chi connectivity index (χ0n) is 9.59. The molecule has 6 heteroatoms. The minimum atomic E-state index is -0.682. The lowest BCUT2D eigenvalue weighted by Gasteiger charge is -2.28. The van der Waals surface area contributed by atoms with E-state index in [2.05, 4.69) is 20.1 Å². The molecule has 1 aromatic heterocycles. The fraction of sp³-hybridized carbons (Fsp3) is 0.727. The Morgan fingerprint density at radius 3 is 2.59 bits per heavy atom. The smallest absolute Gasteiger partial charge is 0.306 e. The molecule has 1 aliphatic heterocycles. The summed E-state index contributed by atoms with van der Waals surface area (Å²) in [6, 6.07) is 0. The van der Waals surface area contributed by atoms with Crippen molar-refractivity contribution >= 4 is 11.9 Å². The number of aromatic amines is 1. The van der Waals surface area contributed by atoms with Gasteiger partial charge in [0.2, 0.25) is 5.95 Å². The van der Waals surface area contributed by atoms with Gasteiger partial charge >= 0.3 is 5.97 Å². The third kappa shape index (κ3) is 2.11. The highest BCUT2D eigenvalue weighted by Crippen LogP contribution is 2.38. The lowest BCUT2D eigenvalue weighted by Crippen LogP contribution is -2.36. The highest BCUT2D eigenvalue weighted by molar-refractivity contribution is 5.70. The van der Waals surface area contributed by atoms with Crippen LogP contribution >= 0.6 is 0 Å². The molecule has 2 fully saturated rings. The van der Waals surface area contributed by atoms with E-state index in [9.17, 15) is 4.79 Å². The predicted octanol–water partition coefficient (Wildman–Crippen LogP) is 0.983. The summed E-state index contributed by atoms with van der Waals surface area (Å²) in [5.41, 5.74) is 0. The van der Waals surface area contributed by atoms with Crippen LogP contribution in [-0.4, -0.2) is 39.3 Å². The first-order chi connectivity index (χ1) is 8.24. The van der Waals surface area contributed by atoms with Crippen molar-refractivity contribution in [2.75, 3.05) is 18.0 Å². The molecule has 17 heavy (non-hydrogen) atoms. The van der Waals surface area contributed by atoms with Crippen LogP contribution in [0.1, 0.15) is 37.4 Å². The Balaban J connectivity index is 1.63. The summed E-state index contributed by atoms with van der Waals surface area (Å²) in [4.78, 5) is 17.4. The first-order valence-corrected chi connectivity index (χ1v) is 6.14. The van der Waals surface area contributed by atoms with Gasteiger partial charge in [-0.1, -0.05) is 0 Å². The van der Waals surface area contributed by atoms with Gasteiger partial charge in [-0.3, -0.25) is 9.89 Å². The van der Waals surface area contributed by atoms with E-state index < -0.39 is 5.97 Å². The molecule has 6 nitrogen and oxygen atoms in total. The number of anilines is 1. The maximum Gasteiger partial charge on any atom is 0.306 e. The van der Waals surface area contributed by atoms with Crippen LogP contribution < -0.4 is 4.90 Å². The molecule has 1 aromatic rings. The molecule has 0 bridgehead atoms. The van der Waals surface area contributed by atoms with Crippen molar-refractivity contribution in [3.05, 3.63) is 5.82 Å². The Morgan fingerprint density at radius 2 is 2.00 bits per heavy atom. The van der Waals surface area contributed by atoms with E-state index in [-0.39, 0.29) is 5.92 Å². The van der Waals surface area contributed by atoms with Crippen molar-refractivity contribution in [1.29, 1.82) is 0 Å². The van der Waals surface area contributed by atoms with Gasteiger partial charge in [-0.05, 0) is 25.7 Å². The van der Waals surface area contributed by atoms with E-state index in [4.69, 9.17) is 5.11 Å². The topological polar surface area (TPSA) is 82.1 Å². The molecule has 92 valence electrons. The molecule has 0 atom stereocenters. The molecular formula is C11H16N4O2. The van der Waals surface area contributed by atoms with Crippen molar-refractivity contribution in [3.8, 4) is 0 Å². The summed E-state index contributed by atoms with van der Waals surface area (Å²) >= 11 is 0. The first kappa shape index (κ1) is 10.6. The first-order valence-electron chi connectivity index (χ1n) is 6.14. The zero-order chi connectivity index (χ0) is 11.8. The van der Waals surface area contributed by atoms with Crippen LogP contribution in [0.15, 0.2) is 0 Å². The lowest BCUT2D eigenvalue weighted by molar-refractivity contribution is -0.142. The molecule has 2 aliphatic rings. The minimum absolute atomic E-state index is 0.201. The van der Waals surface area contributed by atoms with Crippen LogP contribution in [0.2, 0.25) is 0 Å². The SMILES string of the molecule is O=C(O)C1CCN(c2n[nH]c(C3CC3)n2)CC1. The predicted molar refractivity (Wildman–Crippen MR) is 60.9 cm³/mol. The van der Waals surface area contributed by atoms with Gasteiger partial charge in [-0.2, -0.15) is 4.98 Å². The van der Waals surface area contributed by atoms with Crippen LogP contribution in [0.25, 0.3) is 0 Å². The third-order valence-corrected chi connectivity index (χ3v) is 3.58. The van der Waals surface area contributed by atoms with Gasteiger partial charge in [-0.25, -0.2) is 0 Å². The van der Waals surface area contributed by atoms with Gasteiger partial charge in [0.05, 0.1) is 5.92 Å². The maximum atomic E-state index is 10.8. The van der Waals surface area contributed by atoms with Crippen molar-refractivity contribution < 1.29 is 9.90 Å². The lowest BCUT2D eigenvalue weighted by atomic mass is 9.97. The van der Waals surface area contributed by atoms with Gasteiger partial charge in [0.1, 0.15) is 5.82 Å². The molecule has 0 unspecified atom stereocenters. The van der Waals surface area contributed by atoms with E-state index in [1.165, 1.54) is 12.8 Å². The summed E-state index contributed by atoms with van der Waals surface area (Å²) < 4.78 is 0. The van der Waals surface area contributed by atoms with E-state index in [1.54, 1.807) is 0 Å². The highest BCUT2D eigenvalue weighted by Gasteiger charge is 2.30. The number of carboxylic acids is 1. The van der Waals surface area contributed by atoms with Gasteiger partial charge in [-0.15, -0.1) is 5.10 Å². The maximum absolute atomic E-state index is 10.8. The van der Waals surface area contributed by atoms with Crippen molar-refractivity contribution in [2.45, 2.75) is 31.6 Å². The summed E-state index contributed by atoms with van der Waals surface area (Å²) in [6.45, 7) is 1.47. The molecular weight excluding hydrogens is 220 g/mol. The second-order valence-corrected chi connectivity index (χ2v) is 4.89. The number of aliphatic carboxylic acids is 1. The number of piperidine rings is 1. The number of aromatic nitrogens is 3. The number of hydrogen-bond acceptors (Lipinski definition) is 4. The van der Waals surface area contributed by atoms with Crippen LogP contribution in [-0.2, 0) is 4.79 Å². The van der Waals surface area contributed by atoms with Gasteiger partial charge in [0.25, 0.3) is 0 Å². The molecule has 3 rings (SSSR count). The number of H-pyrrole nitrogens is 1. The van der Waals surface area contributed by atoms with Gasteiger partial charge in [0, 0.05) is 19.0 Å². The summed E-state index contributed by atoms with van der Waals surface area (Å²) in [7, 11) is 0. The quantitative estimate of drug-likeness (QED) is 0.817. The molecule has 0 amide bonds. The van der Waals surface area contributed by atoms with E-state index >= 15 is 0 Å². The molecule has 0 radical (unpaired) electrons. The standard InChI is InChI=1S/C11H16N4O2/c16-10(17)8-3-5-15(6-4-8)11-12-9(13-14-11)7-1-2-7/h7-8H,1-6H2,(H,16,17)(H,12,13,14). The molecule has 1 saturated heterocycles. The molecule has 1 saturated carbocycles. The number of hydrogen-bond donors (Lipinski definition) is 2. The van der Waals surface area contributed by atoms with Gasteiger partial charge in [0.15, 0.2) is 0 Å². The average molecular weight is 236 g/mol. The van der Waals surface area contributed by atoms with E-state index in [0.717, 1.165) is 24.9 Å². The number of carbonyl (C=O) groups is 1. The summed E-state index contributed by atoms with van der Waals surface area (Å²) in [5, 5.41) is 16.1. The van der Waals surface area contributed by atoms with E-state index in [1.807, 2.05) is 0 Å². The van der Waals surface area contributed by atoms with Crippen molar-refractivity contribution in [1.82, 2.24) is 15.2 Å². The number of nitrogens with zero attached hydrogens (tertiary/aromatic N) is 3. The Labute approximate surface area is 99.0 Å².